The molecule has 0 fully saturated rings. The molecule has 0 aliphatic rings. The number of nitrogens with one attached hydrogen (secondary N) is 1. The van der Waals surface area contributed by atoms with Crippen molar-refractivity contribution in [3.8, 4) is 0 Å². The van der Waals surface area contributed by atoms with Crippen molar-refractivity contribution < 1.29 is 9.59 Å². The minimum Gasteiger partial charge on any atom is -0.352 e. The first-order valence-corrected chi connectivity index (χ1v) is 9.27. The lowest BCUT2D eigenvalue weighted by Gasteiger charge is -2.17. The van der Waals surface area contributed by atoms with Crippen molar-refractivity contribution in [2.75, 3.05) is 20.1 Å². The molecule has 1 N–H and O–H groups in total. The van der Waals surface area contributed by atoms with Gasteiger partial charge in [-0.05, 0) is 48.7 Å². The predicted molar refractivity (Wildman–Crippen MR) is 106 cm³/mol. The number of rotatable bonds is 8. The van der Waals surface area contributed by atoms with Gasteiger partial charge in [0.2, 0.25) is 0 Å². The fourth-order valence-corrected chi connectivity index (χ4v) is 2.71. The Morgan fingerprint density at radius 1 is 1.08 bits per heavy atom. The molecule has 0 aromatic heterocycles. The van der Waals surface area contributed by atoms with Crippen LogP contribution in [0, 0.1) is 0 Å². The van der Waals surface area contributed by atoms with E-state index in [9.17, 15) is 9.59 Å². The molecule has 2 amide bonds. The normalized spacial score (nSPS) is 10.4. The third-order valence-electron chi connectivity index (χ3n) is 4.18. The van der Waals surface area contributed by atoms with Crippen LogP contribution in [0.5, 0.6) is 0 Å². The Hall–Kier alpha value is -2.33. The van der Waals surface area contributed by atoms with E-state index in [4.69, 9.17) is 11.6 Å². The van der Waals surface area contributed by atoms with Gasteiger partial charge in [-0.2, -0.15) is 0 Å². The molecule has 138 valence electrons. The lowest BCUT2D eigenvalue weighted by molar-refractivity contribution is 0.0793. The lowest BCUT2D eigenvalue weighted by atomic mass is 10.1. The van der Waals surface area contributed by atoms with Gasteiger partial charge < -0.3 is 10.2 Å². The molecule has 0 saturated heterocycles. The standard InChI is InChI=1S/C21H25ClN2O2/c1-3-4-14-24(2)21(26)18-7-5-6-17(15-18)20(25)23-13-12-16-8-10-19(22)11-9-16/h5-11,15H,3-4,12-14H2,1-2H3,(H,23,25). The molecular weight excluding hydrogens is 348 g/mol. The molecule has 2 aromatic rings. The van der Waals surface area contributed by atoms with Crippen LogP contribution in [-0.2, 0) is 6.42 Å². The zero-order valence-electron chi connectivity index (χ0n) is 15.3. The van der Waals surface area contributed by atoms with E-state index in [0.717, 1.165) is 24.8 Å². The first kappa shape index (κ1) is 20.0. The van der Waals surface area contributed by atoms with Crippen molar-refractivity contribution in [3.05, 3.63) is 70.2 Å². The molecule has 0 aliphatic heterocycles. The van der Waals surface area contributed by atoms with Gasteiger partial charge in [0.25, 0.3) is 11.8 Å². The van der Waals surface area contributed by atoms with Crippen LogP contribution in [-0.4, -0.2) is 36.9 Å². The molecule has 0 spiro atoms. The molecule has 5 heteroatoms. The second-order valence-electron chi connectivity index (χ2n) is 6.29. The first-order chi connectivity index (χ1) is 12.5. The fourth-order valence-electron chi connectivity index (χ4n) is 2.58. The quantitative estimate of drug-likeness (QED) is 0.755. The van der Waals surface area contributed by atoms with E-state index >= 15 is 0 Å². The summed E-state index contributed by atoms with van der Waals surface area (Å²) in [5.74, 6) is -0.237. The van der Waals surface area contributed by atoms with Gasteiger partial charge in [-0.15, -0.1) is 0 Å². The lowest BCUT2D eigenvalue weighted by Crippen LogP contribution is -2.29. The monoisotopic (exact) mass is 372 g/mol. The number of amides is 2. The summed E-state index contributed by atoms with van der Waals surface area (Å²) in [6.07, 6.45) is 2.72. The smallest absolute Gasteiger partial charge is 0.253 e. The van der Waals surface area contributed by atoms with Gasteiger partial charge in [0.15, 0.2) is 0 Å². The number of hydrogen-bond donors (Lipinski definition) is 1. The topological polar surface area (TPSA) is 49.4 Å². The van der Waals surface area contributed by atoms with Gasteiger partial charge in [0.05, 0.1) is 0 Å². The van der Waals surface area contributed by atoms with Crippen LogP contribution in [0.1, 0.15) is 46.0 Å². The van der Waals surface area contributed by atoms with E-state index in [1.807, 2.05) is 24.3 Å². The van der Waals surface area contributed by atoms with E-state index in [0.29, 0.717) is 29.2 Å². The zero-order chi connectivity index (χ0) is 18.9. The molecule has 0 bridgehead atoms. The Labute approximate surface area is 160 Å². The van der Waals surface area contributed by atoms with Crippen LogP contribution < -0.4 is 5.32 Å². The van der Waals surface area contributed by atoms with Gasteiger partial charge in [-0.1, -0.05) is 43.1 Å². The zero-order valence-corrected chi connectivity index (χ0v) is 16.1. The maximum absolute atomic E-state index is 12.4. The second-order valence-corrected chi connectivity index (χ2v) is 6.73. The third kappa shape index (κ3) is 5.88. The first-order valence-electron chi connectivity index (χ1n) is 8.89. The molecule has 0 saturated carbocycles. The van der Waals surface area contributed by atoms with Gasteiger partial charge in [-0.25, -0.2) is 0 Å². The summed E-state index contributed by atoms with van der Waals surface area (Å²) in [5.41, 5.74) is 2.14. The highest BCUT2D eigenvalue weighted by Gasteiger charge is 2.13. The molecule has 26 heavy (non-hydrogen) atoms. The number of nitrogens with zero attached hydrogens (tertiary/aromatic N) is 1. The van der Waals surface area contributed by atoms with Gasteiger partial charge in [0.1, 0.15) is 0 Å². The summed E-state index contributed by atoms with van der Waals surface area (Å²) in [7, 11) is 1.79. The minimum absolute atomic E-state index is 0.0609. The summed E-state index contributed by atoms with van der Waals surface area (Å²) in [6.45, 7) is 3.33. The van der Waals surface area contributed by atoms with Crippen molar-refractivity contribution in [3.63, 3.8) is 0 Å². The maximum atomic E-state index is 12.4. The van der Waals surface area contributed by atoms with Gasteiger partial charge in [-0.3, -0.25) is 9.59 Å². The summed E-state index contributed by atoms with van der Waals surface area (Å²) in [5, 5.41) is 3.59. The molecule has 4 nitrogen and oxygen atoms in total. The Morgan fingerprint density at radius 3 is 2.46 bits per heavy atom. The summed E-state index contributed by atoms with van der Waals surface area (Å²) >= 11 is 5.87. The van der Waals surface area contributed by atoms with Crippen molar-refractivity contribution in [2.24, 2.45) is 0 Å². The van der Waals surface area contributed by atoms with E-state index in [2.05, 4.69) is 12.2 Å². The molecular formula is C21H25ClN2O2. The third-order valence-corrected chi connectivity index (χ3v) is 4.43. The number of carbonyl (C=O) groups excluding carboxylic acids is 2. The van der Waals surface area contributed by atoms with Crippen LogP contribution in [0.3, 0.4) is 0 Å². The van der Waals surface area contributed by atoms with Crippen molar-refractivity contribution in [1.82, 2.24) is 10.2 Å². The van der Waals surface area contributed by atoms with Crippen molar-refractivity contribution >= 4 is 23.4 Å². The summed E-state index contributed by atoms with van der Waals surface area (Å²) in [6, 6.07) is 14.4. The number of hydrogen-bond acceptors (Lipinski definition) is 2. The summed E-state index contributed by atoms with van der Waals surface area (Å²) < 4.78 is 0. The minimum atomic E-state index is -0.176. The maximum Gasteiger partial charge on any atom is 0.253 e. The molecule has 0 radical (unpaired) electrons. The highest BCUT2D eigenvalue weighted by Crippen LogP contribution is 2.11. The van der Waals surface area contributed by atoms with Crippen molar-refractivity contribution in [1.29, 1.82) is 0 Å². The molecule has 0 heterocycles. The average Bonchev–Trinajstić information content (AvgIpc) is 2.67. The van der Waals surface area contributed by atoms with Crippen LogP contribution in [0.15, 0.2) is 48.5 Å². The van der Waals surface area contributed by atoms with Gasteiger partial charge >= 0.3 is 0 Å². The SMILES string of the molecule is CCCCN(C)C(=O)c1cccc(C(=O)NCCc2ccc(Cl)cc2)c1. The predicted octanol–water partition coefficient (Wildman–Crippen LogP) is 4.18. The molecule has 0 atom stereocenters. The Balaban J connectivity index is 1.92. The summed E-state index contributed by atoms with van der Waals surface area (Å²) in [4.78, 5) is 26.5. The number of carbonyl (C=O) groups is 2. The van der Waals surface area contributed by atoms with E-state index in [-0.39, 0.29) is 11.8 Å². The number of halogens is 1. The van der Waals surface area contributed by atoms with E-state index in [1.54, 1.807) is 36.2 Å². The van der Waals surface area contributed by atoms with Crippen LogP contribution in [0.4, 0.5) is 0 Å². The number of benzene rings is 2. The largest absolute Gasteiger partial charge is 0.352 e. The Bertz CT molecular complexity index is 744. The van der Waals surface area contributed by atoms with Crippen LogP contribution in [0.2, 0.25) is 5.02 Å². The van der Waals surface area contributed by atoms with Gasteiger partial charge in [0, 0.05) is 36.3 Å². The van der Waals surface area contributed by atoms with Crippen LogP contribution >= 0.6 is 11.6 Å². The Morgan fingerprint density at radius 2 is 1.77 bits per heavy atom. The van der Waals surface area contributed by atoms with Crippen LogP contribution in [0.25, 0.3) is 0 Å². The van der Waals surface area contributed by atoms with E-state index in [1.165, 1.54) is 0 Å². The molecule has 2 aromatic carbocycles. The highest BCUT2D eigenvalue weighted by molar-refractivity contribution is 6.30. The Kier molecular flexibility index (Phi) is 7.67. The second kappa shape index (κ2) is 9.97. The highest BCUT2D eigenvalue weighted by atomic mass is 35.5. The van der Waals surface area contributed by atoms with E-state index < -0.39 is 0 Å². The average molecular weight is 373 g/mol. The van der Waals surface area contributed by atoms with Crippen molar-refractivity contribution in [2.45, 2.75) is 26.2 Å². The fraction of sp³-hybridized carbons (Fsp3) is 0.333. The number of unbranched alkanes of at least 4 members (excludes halogenated alkanes) is 1. The molecule has 2 rings (SSSR count). The molecule has 0 unspecified atom stereocenters. The molecule has 0 aliphatic carbocycles.